The van der Waals surface area contributed by atoms with Gasteiger partial charge in [-0.1, -0.05) is 0 Å². The lowest BCUT2D eigenvalue weighted by molar-refractivity contribution is -0.384. The van der Waals surface area contributed by atoms with Crippen molar-refractivity contribution in [1.29, 1.82) is 0 Å². The number of hydrogen-bond acceptors (Lipinski definition) is 8. The van der Waals surface area contributed by atoms with E-state index in [0.717, 1.165) is 31.4 Å². The highest BCUT2D eigenvalue weighted by atomic mass is 19.4. The molecule has 2 heterocycles. The first-order chi connectivity index (χ1) is 14.9. The largest absolute Gasteiger partial charge is 0.440 e. The Morgan fingerprint density at radius 2 is 1.56 bits per heavy atom. The number of hydrogen-bond donors (Lipinski definition) is 1. The SMILES string of the molecule is O=[N+]([O-])c1ccc(Nc2nc(OC(C(F)(F)F)C(F)(F)F)nc(N3CCCCC3)n2)cc1. The summed E-state index contributed by atoms with van der Waals surface area (Å²) in [5.41, 5.74) is -0.0112. The van der Waals surface area contributed by atoms with Crippen molar-refractivity contribution in [3.8, 4) is 6.01 Å². The number of nitro groups is 1. The van der Waals surface area contributed by atoms with E-state index in [1.165, 1.54) is 12.1 Å². The summed E-state index contributed by atoms with van der Waals surface area (Å²) in [7, 11) is 0. The van der Waals surface area contributed by atoms with Gasteiger partial charge >= 0.3 is 18.4 Å². The number of nitrogens with one attached hydrogen (secondary N) is 1. The monoisotopic (exact) mass is 466 g/mol. The number of piperidine rings is 1. The molecule has 1 aromatic carbocycles. The number of halogens is 6. The number of anilines is 3. The fraction of sp³-hybridized carbons (Fsp3) is 0.471. The summed E-state index contributed by atoms with van der Waals surface area (Å²) in [6.45, 7) is 0.894. The van der Waals surface area contributed by atoms with Crippen molar-refractivity contribution < 1.29 is 36.0 Å². The molecule has 0 saturated carbocycles. The second-order valence-corrected chi connectivity index (χ2v) is 6.80. The van der Waals surface area contributed by atoms with Gasteiger partial charge < -0.3 is 15.0 Å². The van der Waals surface area contributed by atoms with Crippen molar-refractivity contribution in [2.24, 2.45) is 0 Å². The number of alkyl halides is 6. The maximum atomic E-state index is 12.9. The summed E-state index contributed by atoms with van der Waals surface area (Å²) < 4.78 is 81.6. The fourth-order valence-corrected chi connectivity index (χ4v) is 2.91. The van der Waals surface area contributed by atoms with E-state index >= 15 is 0 Å². The lowest BCUT2D eigenvalue weighted by Gasteiger charge is -2.27. The second-order valence-electron chi connectivity index (χ2n) is 6.80. The lowest BCUT2D eigenvalue weighted by atomic mass is 10.1. The summed E-state index contributed by atoms with van der Waals surface area (Å²) in [5, 5.41) is 13.3. The molecule has 1 aliphatic rings. The predicted molar refractivity (Wildman–Crippen MR) is 98.8 cm³/mol. The third-order valence-corrected chi connectivity index (χ3v) is 4.39. The van der Waals surface area contributed by atoms with Crippen molar-refractivity contribution >= 4 is 23.3 Å². The zero-order chi connectivity index (χ0) is 23.5. The van der Waals surface area contributed by atoms with Crippen LogP contribution in [0.4, 0.5) is 49.6 Å². The first kappa shape index (κ1) is 23.3. The smallest absolute Gasteiger partial charge is 0.434 e. The van der Waals surface area contributed by atoms with Gasteiger partial charge in [0.15, 0.2) is 0 Å². The molecule has 2 aromatic rings. The summed E-state index contributed by atoms with van der Waals surface area (Å²) in [4.78, 5) is 22.9. The van der Waals surface area contributed by atoms with Crippen LogP contribution in [0.25, 0.3) is 0 Å². The van der Waals surface area contributed by atoms with E-state index in [1.807, 2.05) is 0 Å². The van der Waals surface area contributed by atoms with Crippen LogP contribution >= 0.6 is 0 Å². The quantitative estimate of drug-likeness (QED) is 0.380. The van der Waals surface area contributed by atoms with Gasteiger partial charge in [0, 0.05) is 30.9 Å². The van der Waals surface area contributed by atoms with Crippen LogP contribution in [0.5, 0.6) is 6.01 Å². The molecule has 174 valence electrons. The number of rotatable bonds is 6. The third kappa shape index (κ3) is 5.85. The van der Waals surface area contributed by atoms with Gasteiger partial charge in [-0.3, -0.25) is 10.1 Å². The Hall–Kier alpha value is -3.39. The Morgan fingerprint density at radius 3 is 2.09 bits per heavy atom. The van der Waals surface area contributed by atoms with E-state index in [0.29, 0.717) is 13.1 Å². The molecule has 32 heavy (non-hydrogen) atoms. The minimum Gasteiger partial charge on any atom is -0.440 e. The molecule has 15 heteroatoms. The number of non-ortho nitro benzene ring substituents is 1. The fourth-order valence-electron chi connectivity index (χ4n) is 2.91. The molecule has 1 fully saturated rings. The summed E-state index contributed by atoms with van der Waals surface area (Å²) in [6.07, 6.45) is -13.2. The number of nitrogens with zero attached hydrogens (tertiary/aromatic N) is 5. The first-order valence-electron chi connectivity index (χ1n) is 9.26. The Bertz CT molecular complexity index is 933. The van der Waals surface area contributed by atoms with Gasteiger partial charge in [0.2, 0.25) is 11.9 Å². The van der Waals surface area contributed by atoms with E-state index < -0.39 is 29.4 Å². The minimum absolute atomic E-state index is 0.151. The Balaban J connectivity index is 1.94. The number of ether oxygens (including phenoxy) is 1. The molecular weight excluding hydrogens is 450 g/mol. The molecule has 0 amide bonds. The average Bonchev–Trinajstić information content (AvgIpc) is 2.71. The van der Waals surface area contributed by atoms with Crippen LogP contribution in [0.3, 0.4) is 0 Å². The van der Waals surface area contributed by atoms with Crippen molar-refractivity contribution in [3.63, 3.8) is 0 Å². The molecule has 0 bridgehead atoms. The van der Waals surface area contributed by atoms with Crippen molar-refractivity contribution in [3.05, 3.63) is 34.4 Å². The van der Waals surface area contributed by atoms with Crippen LogP contribution in [0.2, 0.25) is 0 Å². The van der Waals surface area contributed by atoms with Crippen molar-refractivity contribution in [2.45, 2.75) is 37.7 Å². The topological polar surface area (TPSA) is 106 Å². The molecule has 1 N–H and O–H groups in total. The molecule has 0 aliphatic carbocycles. The predicted octanol–water partition coefficient (Wildman–Crippen LogP) is 4.39. The van der Waals surface area contributed by atoms with Gasteiger partial charge in [-0.05, 0) is 31.4 Å². The molecular formula is C17H16F6N6O3. The number of aromatic nitrogens is 3. The third-order valence-electron chi connectivity index (χ3n) is 4.39. The van der Waals surface area contributed by atoms with E-state index in [4.69, 9.17) is 0 Å². The maximum absolute atomic E-state index is 12.9. The maximum Gasteiger partial charge on any atom is 0.434 e. The Morgan fingerprint density at radius 1 is 0.969 bits per heavy atom. The van der Waals surface area contributed by atoms with Crippen LogP contribution in [0.15, 0.2) is 24.3 Å². The Kier molecular flexibility index (Phi) is 6.55. The number of benzene rings is 1. The molecule has 0 unspecified atom stereocenters. The second kappa shape index (κ2) is 9.00. The van der Waals surface area contributed by atoms with Gasteiger partial charge in [-0.25, -0.2) is 0 Å². The molecule has 0 radical (unpaired) electrons. The van der Waals surface area contributed by atoms with Gasteiger partial charge in [-0.2, -0.15) is 41.3 Å². The van der Waals surface area contributed by atoms with E-state index in [9.17, 15) is 36.5 Å². The van der Waals surface area contributed by atoms with Crippen LogP contribution in [0.1, 0.15) is 19.3 Å². The Labute approximate surface area is 176 Å². The van der Waals surface area contributed by atoms with E-state index in [2.05, 4.69) is 25.0 Å². The highest BCUT2D eigenvalue weighted by Gasteiger charge is 2.59. The summed E-state index contributed by atoms with van der Waals surface area (Å²) >= 11 is 0. The van der Waals surface area contributed by atoms with Gasteiger partial charge in [0.05, 0.1) is 4.92 Å². The summed E-state index contributed by atoms with van der Waals surface area (Å²) in [5.74, 6) is -0.533. The standard InChI is InChI=1S/C17H16F6N6O3/c18-16(19,20)12(17(21,22)23)32-15-26-13(24-10-4-6-11(7-5-10)29(30)31)25-14(27-15)28-8-2-1-3-9-28/h4-7,12H,1-3,8-9H2,(H,24,25,26,27). The van der Waals surface area contributed by atoms with Gasteiger partial charge in [0.25, 0.3) is 11.8 Å². The first-order valence-corrected chi connectivity index (χ1v) is 9.26. The average molecular weight is 466 g/mol. The molecule has 3 rings (SSSR count). The molecule has 1 saturated heterocycles. The highest BCUT2D eigenvalue weighted by molar-refractivity contribution is 5.56. The highest BCUT2D eigenvalue weighted by Crippen LogP contribution is 2.36. The zero-order valence-electron chi connectivity index (χ0n) is 16.2. The van der Waals surface area contributed by atoms with Crippen molar-refractivity contribution in [2.75, 3.05) is 23.3 Å². The molecule has 1 aliphatic heterocycles. The van der Waals surface area contributed by atoms with Crippen molar-refractivity contribution in [1.82, 2.24) is 15.0 Å². The van der Waals surface area contributed by atoms with Crippen LogP contribution in [0, 0.1) is 10.1 Å². The lowest BCUT2D eigenvalue weighted by Crippen LogP contribution is -2.47. The molecule has 9 nitrogen and oxygen atoms in total. The zero-order valence-corrected chi connectivity index (χ0v) is 16.2. The van der Waals surface area contributed by atoms with Crippen LogP contribution < -0.4 is 15.0 Å². The normalized spacial score (nSPS) is 15.0. The van der Waals surface area contributed by atoms with Gasteiger partial charge in [0.1, 0.15) is 0 Å². The minimum atomic E-state index is -5.75. The van der Waals surface area contributed by atoms with Crippen LogP contribution in [-0.2, 0) is 0 Å². The van der Waals surface area contributed by atoms with E-state index in [-0.39, 0.29) is 23.3 Å². The molecule has 0 spiro atoms. The molecule has 1 aromatic heterocycles. The number of nitro benzene ring substituents is 1. The van der Waals surface area contributed by atoms with Crippen LogP contribution in [-0.4, -0.2) is 51.4 Å². The summed E-state index contributed by atoms with van der Waals surface area (Å²) in [6, 6.07) is 3.68. The molecule has 0 atom stereocenters. The van der Waals surface area contributed by atoms with Gasteiger partial charge in [-0.15, -0.1) is 0 Å². The van der Waals surface area contributed by atoms with E-state index in [1.54, 1.807) is 4.90 Å².